The van der Waals surface area contributed by atoms with Crippen molar-refractivity contribution in [2.75, 3.05) is 23.9 Å². The molecule has 0 spiro atoms. The summed E-state index contributed by atoms with van der Waals surface area (Å²) in [6.45, 7) is -0.108. The lowest BCUT2D eigenvalue weighted by molar-refractivity contribution is -0.118. The van der Waals surface area contributed by atoms with Crippen LogP contribution in [0.25, 0.3) is 11.3 Å². The van der Waals surface area contributed by atoms with E-state index in [1.165, 1.54) is 7.11 Å². The minimum absolute atomic E-state index is 0.108. The maximum Gasteiger partial charge on any atom is 0.337 e. The van der Waals surface area contributed by atoms with E-state index in [0.717, 1.165) is 16.9 Å². The van der Waals surface area contributed by atoms with Gasteiger partial charge in [-0.1, -0.05) is 36.4 Å². The summed E-state index contributed by atoms with van der Waals surface area (Å²) in [5.41, 5.74) is 3.39. The van der Waals surface area contributed by atoms with Gasteiger partial charge in [-0.25, -0.2) is 4.79 Å². The van der Waals surface area contributed by atoms with Gasteiger partial charge in [-0.2, -0.15) is 0 Å². The van der Waals surface area contributed by atoms with Crippen LogP contribution in [0.3, 0.4) is 0 Å². The molecule has 9 nitrogen and oxygen atoms in total. The number of carbonyl (C=O) groups excluding carboxylic acids is 2. The van der Waals surface area contributed by atoms with Crippen molar-refractivity contribution < 1.29 is 23.5 Å². The molecule has 44 heavy (non-hydrogen) atoms. The molecular weight excluding hydrogens is 576 g/mol. The fourth-order valence-electron chi connectivity index (χ4n) is 5.07. The highest BCUT2D eigenvalue weighted by atomic mass is 32.1. The minimum atomic E-state index is -0.422. The first-order chi connectivity index (χ1) is 21.5. The van der Waals surface area contributed by atoms with Crippen molar-refractivity contribution >= 4 is 40.6 Å². The Hall–Kier alpha value is -5.48. The second-order valence-electron chi connectivity index (χ2n) is 9.97. The first kappa shape index (κ1) is 28.6. The Morgan fingerprint density at radius 1 is 0.955 bits per heavy atom. The number of pyridine rings is 1. The van der Waals surface area contributed by atoms with Gasteiger partial charge in [0.1, 0.15) is 23.3 Å². The predicted octanol–water partition coefficient (Wildman–Crippen LogP) is 6.32. The number of ether oxygens (including phenoxy) is 2. The summed E-state index contributed by atoms with van der Waals surface area (Å²) >= 11 is 5.83. The van der Waals surface area contributed by atoms with Crippen LogP contribution >= 0.6 is 12.2 Å². The number of nitrogens with one attached hydrogen (secondary N) is 2. The standard InChI is InChI=1S/C34H28N4O5S/c1-41-33(40)23-9-7-8-22(20-23)28-17-18-29(43-28)32-31(27-12-5-6-19-35-27)37-34(44)38(32)25-15-13-24(14-16-25)36-30(39)21-42-26-10-3-2-4-11-26/h2-20,31-32H,21H2,1H3,(H,36,39)(H,37,44)/t31-,32-/m0/s1. The van der Waals surface area contributed by atoms with Crippen LogP contribution in [0, 0.1) is 0 Å². The molecule has 0 bridgehead atoms. The van der Waals surface area contributed by atoms with Gasteiger partial charge in [-0.15, -0.1) is 0 Å². The number of amides is 1. The second-order valence-corrected chi connectivity index (χ2v) is 10.4. The van der Waals surface area contributed by atoms with Crippen LogP contribution in [0.2, 0.25) is 0 Å². The molecule has 1 aliphatic heterocycles. The SMILES string of the molecule is COC(=O)c1cccc(-c2ccc([C@H]3[C@H](c4ccccn4)NC(=S)N3c3ccc(NC(=O)COc4ccccc4)cc3)o2)c1. The summed E-state index contributed by atoms with van der Waals surface area (Å²) in [6, 6.07) is 32.5. The van der Waals surface area contributed by atoms with Crippen molar-refractivity contribution in [3.63, 3.8) is 0 Å². The van der Waals surface area contributed by atoms with E-state index in [4.69, 9.17) is 26.1 Å². The summed E-state index contributed by atoms with van der Waals surface area (Å²) in [7, 11) is 1.35. The van der Waals surface area contributed by atoms with E-state index in [-0.39, 0.29) is 24.6 Å². The van der Waals surface area contributed by atoms with Gasteiger partial charge >= 0.3 is 5.97 Å². The molecule has 1 saturated heterocycles. The number of carbonyl (C=O) groups is 2. The minimum Gasteiger partial charge on any atom is -0.484 e. The van der Waals surface area contributed by atoms with Crippen molar-refractivity contribution in [1.29, 1.82) is 0 Å². The van der Waals surface area contributed by atoms with Gasteiger partial charge < -0.3 is 29.4 Å². The molecule has 1 aliphatic rings. The molecule has 0 saturated carbocycles. The smallest absolute Gasteiger partial charge is 0.337 e. The third-order valence-electron chi connectivity index (χ3n) is 7.13. The number of aromatic nitrogens is 1. The average molecular weight is 605 g/mol. The molecule has 2 aromatic heterocycles. The highest BCUT2D eigenvalue weighted by Crippen LogP contribution is 2.43. The molecule has 2 atom stereocenters. The maximum absolute atomic E-state index is 12.5. The lowest BCUT2D eigenvalue weighted by Crippen LogP contribution is -2.29. The zero-order chi connectivity index (χ0) is 30.5. The van der Waals surface area contributed by atoms with Crippen molar-refractivity contribution in [3.8, 4) is 17.1 Å². The average Bonchev–Trinajstić information content (AvgIpc) is 3.69. The first-order valence-electron chi connectivity index (χ1n) is 13.9. The van der Waals surface area contributed by atoms with Crippen LogP contribution in [0.5, 0.6) is 5.75 Å². The molecule has 6 rings (SSSR count). The molecular formula is C34H28N4O5S. The molecule has 3 heterocycles. The van der Waals surface area contributed by atoms with E-state index in [1.807, 2.05) is 83.8 Å². The summed E-state index contributed by atoms with van der Waals surface area (Å²) in [4.78, 5) is 31.2. The highest BCUT2D eigenvalue weighted by Gasteiger charge is 2.42. The van der Waals surface area contributed by atoms with E-state index in [2.05, 4.69) is 15.6 Å². The fourth-order valence-corrected chi connectivity index (χ4v) is 5.42. The second kappa shape index (κ2) is 12.8. The van der Waals surface area contributed by atoms with Crippen LogP contribution in [-0.4, -0.2) is 35.7 Å². The summed E-state index contributed by atoms with van der Waals surface area (Å²) in [5, 5.41) is 6.78. The summed E-state index contributed by atoms with van der Waals surface area (Å²) in [6.07, 6.45) is 1.74. The molecule has 220 valence electrons. The monoisotopic (exact) mass is 604 g/mol. The molecule has 0 aliphatic carbocycles. The van der Waals surface area contributed by atoms with Crippen LogP contribution in [0.4, 0.5) is 11.4 Å². The van der Waals surface area contributed by atoms with Gasteiger partial charge in [0.05, 0.1) is 24.4 Å². The number of methoxy groups -OCH3 is 1. The van der Waals surface area contributed by atoms with Gasteiger partial charge in [0.15, 0.2) is 11.7 Å². The Bertz CT molecular complexity index is 1780. The lowest BCUT2D eigenvalue weighted by atomic mass is 10.0. The fraction of sp³-hybridized carbons (Fsp3) is 0.118. The number of benzene rings is 3. The number of rotatable bonds is 9. The zero-order valence-electron chi connectivity index (χ0n) is 23.7. The molecule has 5 aromatic rings. The molecule has 0 radical (unpaired) electrons. The summed E-state index contributed by atoms with van der Waals surface area (Å²) in [5.74, 6) is 1.18. The van der Waals surface area contributed by atoms with E-state index in [0.29, 0.717) is 33.6 Å². The van der Waals surface area contributed by atoms with Gasteiger partial charge in [0.2, 0.25) is 0 Å². The first-order valence-corrected chi connectivity index (χ1v) is 14.3. The van der Waals surface area contributed by atoms with E-state index in [9.17, 15) is 9.59 Å². The van der Waals surface area contributed by atoms with Gasteiger partial charge in [-0.3, -0.25) is 9.78 Å². The third-order valence-corrected chi connectivity index (χ3v) is 7.44. The van der Waals surface area contributed by atoms with Crippen LogP contribution in [0.1, 0.15) is 33.9 Å². The quantitative estimate of drug-likeness (QED) is 0.148. The number of para-hydroxylation sites is 1. The molecule has 1 amide bonds. The van der Waals surface area contributed by atoms with Gasteiger partial charge in [-0.05, 0) is 85.0 Å². The van der Waals surface area contributed by atoms with Crippen molar-refractivity contribution in [2.24, 2.45) is 0 Å². The van der Waals surface area contributed by atoms with E-state index in [1.54, 1.807) is 36.5 Å². The zero-order valence-corrected chi connectivity index (χ0v) is 24.5. The molecule has 2 N–H and O–H groups in total. The lowest BCUT2D eigenvalue weighted by Gasteiger charge is -2.26. The Kier molecular flexibility index (Phi) is 8.33. The highest BCUT2D eigenvalue weighted by molar-refractivity contribution is 7.80. The molecule has 1 fully saturated rings. The Labute approximate surface area is 259 Å². The number of hydrogen-bond donors (Lipinski definition) is 2. The van der Waals surface area contributed by atoms with Crippen molar-refractivity contribution in [2.45, 2.75) is 12.1 Å². The largest absolute Gasteiger partial charge is 0.484 e. The Morgan fingerprint density at radius 3 is 2.50 bits per heavy atom. The molecule has 3 aromatic carbocycles. The van der Waals surface area contributed by atoms with E-state index >= 15 is 0 Å². The molecule has 0 unspecified atom stereocenters. The Morgan fingerprint density at radius 2 is 1.75 bits per heavy atom. The topological polar surface area (TPSA) is 106 Å². The number of anilines is 2. The Balaban J connectivity index is 1.26. The van der Waals surface area contributed by atoms with Gasteiger partial charge in [0.25, 0.3) is 5.91 Å². The number of esters is 1. The maximum atomic E-state index is 12.5. The number of nitrogens with zero attached hydrogens (tertiary/aromatic N) is 2. The van der Waals surface area contributed by atoms with Crippen LogP contribution in [0.15, 0.2) is 120 Å². The normalized spacial score (nSPS) is 15.8. The van der Waals surface area contributed by atoms with Crippen molar-refractivity contribution in [1.82, 2.24) is 10.3 Å². The van der Waals surface area contributed by atoms with Gasteiger partial charge in [0, 0.05) is 23.1 Å². The van der Waals surface area contributed by atoms with Crippen LogP contribution in [-0.2, 0) is 9.53 Å². The number of thiocarbonyl (C=S) groups is 1. The van der Waals surface area contributed by atoms with Crippen LogP contribution < -0.4 is 20.3 Å². The summed E-state index contributed by atoms with van der Waals surface area (Å²) < 4.78 is 16.8. The van der Waals surface area contributed by atoms with Crippen molar-refractivity contribution in [3.05, 3.63) is 132 Å². The predicted molar refractivity (Wildman–Crippen MR) is 170 cm³/mol. The number of hydrogen-bond acceptors (Lipinski definition) is 7. The third kappa shape index (κ3) is 6.16. The number of furan rings is 1. The molecule has 10 heteroatoms. The van der Waals surface area contributed by atoms with E-state index < -0.39 is 5.97 Å².